The third-order valence-electron chi connectivity index (χ3n) is 3.73. The molecule has 18 heavy (non-hydrogen) atoms. The summed E-state index contributed by atoms with van der Waals surface area (Å²) in [5.74, 6) is 1.11. The van der Waals surface area contributed by atoms with E-state index in [-0.39, 0.29) is 11.9 Å². The van der Waals surface area contributed by atoms with Crippen molar-refractivity contribution in [3.8, 4) is 5.75 Å². The third kappa shape index (κ3) is 2.28. The van der Waals surface area contributed by atoms with Gasteiger partial charge in [0.05, 0.1) is 7.11 Å². The van der Waals surface area contributed by atoms with Gasteiger partial charge in [0.2, 0.25) is 0 Å². The number of carbonyl (C=O) groups excluding carboxylic acids is 1. The number of ether oxygens (including phenoxy) is 1. The van der Waals surface area contributed by atoms with Crippen LogP contribution in [0.25, 0.3) is 0 Å². The summed E-state index contributed by atoms with van der Waals surface area (Å²) >= 11 is 0. The molecule has 1 aromatic carbocycles. The van der Waals surface area contributed by atoms with Crippen molar-refractivity contribution in [3.05, 3.63) is 23.8 Å². The third-order valence-corrected chi connectivity index (χ3v) is 3.73. The Labute approximate surface area is 108 Å². The molecule has 0 heterocycles. The zero-order valence-electron chi connectivity index (χ0n) is 11.1. The van der Waals surface area contributed by atoms with E-state index >= 15 is 0 Å². The first-order valence-electron chi connectivity index (χ1n) is 6.26. The number of hydrogen-bond acceptors (Lipinski definition) is 3. The highest BCUT2D eigenvalue weighted by molar-refractivity contribution is 6.01. The molecule has 0 bridgehead atoms. The van der Waals surface area contributed by atoms with Crippen LogP contribution in [0.2, 0.25) is 0 Å². The molecule has 4 nitrogen and oxygen atoms in total. The molecule has 0 saturated heterocycles. The second kappa shape index (κ2) is 4.88. The lowest BCUT2D eigenvalue weighted by Crippen LogP contribution is -2.37. The van der Waals surface area contributed by atoms with Gasteiger partial charge in [-0.2, -0.15) is 0 Å². The van der Waals surface area contributed by atoms with E-state index in [0.717, 1.165) is 0 Å². The molecule has 1 aliphatic carbocycles. The van der Waals surface area contributed by atoms with Crippen molar-refractivity contribution in [1.82, 2.24) is 4.90 Å². The molecule has 2 N–H and O–H groups in total. The van der Waals surface area contributed by atoms with Crippen molar-refractivity contribution in [2.75, 3.05) is 19.9 Å². The number of anilines is 1. The fourth-order valence-corrected chi connectivity index (χ4v) is 2.20. The maximum atomic E-state index is 12.5. The molecule has 1 aliphatic rings. The minimum absolute atomic E-state index is 0.0654. The Morgan fingerprint density at radius 3 is 2.72 bits per heavy atom. The number of rotatable bonds is 4. The summed E-state index contributed by atoms with van der Waals surface area (Å²) in [6, 6.07) is 5.53. The number of methoxy groups -OCH3 is 1. The van der Waals surface area contributed by atoms with Gasteiger partial charge in [-0.1, -0.05) is 6.07 Å². The minimum atomic E-state index is -0.0654. The molecular formula is C14H20N2O2. The van der Waals surface area contributed by atoms with Crippen LogP contribution in [0.3, 0.4) is 0 Å². The molecule has 1 aromatic rings. The van der Waals surface area contributed by atoms with Gasteiger partial charge in [0.25, 0.3) is 5.91 Å². The van der Waals surface area contributed by atoms with E-state index < -0.39 is 0 Å². The van der Waals surface area contributed by atoms with Crippen LogP contribution in [0.1, 0.15) is 30.1 Å². The Hall–Kier alpha value is -1.71. The highest BCUT2D eigenvalue weighted by atomic mass is 16.5. The average molecular weight is 248 g/mol. The van der Waals surface area contributed by atoms with Gasteiger partial charge in [-0.25, -0.2) is 0 Å². The number of hydrogen-bond donors (Lipinski definition) is 1. The monoisotopic (exact) mass is 248 g/mol. The standard InChI is InChI=1S/C14H20N2O2/c1-9(10-7-8-10)16(2)14(17)13-11(15)5-4-6-12(13)18-3/h4-6,9-10H,7-8,15H2,1-3H3. The Bertz CT molecular complexity index is 455. The van der Waals surface area contributed by atoms with Gasteiger partial charge in [-0.05, 0) is 37.8 Å². The first-order chi connectivity index (χ1) is 8.56. The van der Waals surface area contributed by atoms with Crippen molar-refractivity contribution < 1.29 is 9.53 Å². The van der Waals surface area contributed by atoms with Gasteiger partial charge in [-0.15, -0.1) is 0 Å². The fourth-order valence-electron chi connectivity index (χ4n) is 2.20. The molecule has 2 rings (SSSR count). The SMILES string of the molecule is COc1cccc(N)c1C(=O)N(C)C(C)C1CC1. The molecule has 1 fully saturated rings. The summed E-state index contributed by atoms with van der Waals surface area (Å²) in [5.41, 5.74) is 6.83. The van der Waals surface area contributed by atoms with Gasteiger partial charge in [0.15, 0.2) is 0 Å². The number of nitrogens with zero attached hydrogens (tertiary/aromatic N) is 1. The van der Waals surface area contributed by atoms with Crippen LogP contribution in [-0.2, 0) is 0 Å². The lowest BCUT2D eigenvalue weighted by molar-refractivity contribution is 0.0725. The number of benzene rings is 1. The molecule has 0 radical (unpaired) electrons. The van der Waals surface area contributed by atoms with Crippen LogP contribution in [0, 0.1) is 5.92 Å². The molecular weight excluding hydrogens is 228 g/mol. The van der Waals surface area contributed by atoms with E-state index in [4.69, 9.17) is 10.5 Å². The maximum absolute atomic E-state index is 12.5. The number of amides is 1. The largest absolute Gasteiger partial charge is 0.496 e. The van der Waals surface area contributed by atoms with E-state index in [0.29, 0.717) is 22.9 Å². The van der Waals surface area contributed by atoms with Gasteiger partial charge in [0.1, 0.15) is 11.3 Å². The van der Waals surface area contributed by atoms with Crippen molar-refractivity contribution in [1.29, 1.82) is 0 Å². The first-order valence-corrected chi connectivity index (χ1v) is 6.26. The number of nitrogen functional groups attached to an aromatic ring is 1. The molecule has 98 valence electrons. The van der Waals surface area contributed by atoms with Gasteiger partial charge in [-0.3, -0.25) is 4.79 Å². The van der Waals surface area contributed by atoms with Crippen LogP contribution in [0.5, 0.6) is 5.75 Å². The molecule has 1 amide bonds. The van der Waals surface area contributed by atoms with E-state index in [1.165, 1.54) is 12.8 Å². The van der Waals surface area contributed by atoms with Crippen LogP contribution >= 0.6 is 0 Å². The van der Waals surface area contributed by atoms with Gasteiger partial charge in [0, 0.05) is 18.8 Å². The van der Waals surface area contributed by atoms with E-state index in [1.807, 2.05) is 7.05 Å². The number of carbonyl (C=O) groups is 1. The van der Waals surface area contributed by atoms with E-state index in [9.17, 15) is 4.79 Å². The smallest absolute Gasteiger partial charge is 0.259 e. The van der Waals surface area contributed by atoms with Crippen LogP contribution in [-0.4, -0.2) is 31.0 Å². The summed E-state index contributed by atoms with van der Waals surface area (Å²) in [6.45, 7) is 2.08. The molecule has 4 heteroatoms. The molecule has 1 saturated carbocycles. The normalized spacial score (nSPS) is 16.2. The second-order valence-corrected chi connectivity index (χ2v) is 4.92. The summed E-state index contributed by atoms with van der Waals surface area (Å²) in [6.07, 6.45) is 2.42. The second-order valence-electron chi connectivity index (χ2n) is 4.92. The minimum Gasteiger partial charge on any atom is -0.496 e. The lowest BCUT2D eigenvalue weighted by atomic mass is 10.1. The Kier molecular flexibility index (Phi) is 3.45. The van der Waals surface area contributed by atoms with Crippen molar-refractivity contribution in [2.24, 2.45) is 5.92 Å². The molecule has 0 aromatic heterocycles. The Morgan fingerprint density at radius 1 is 1.50 bits per heavy atom. The van der Waals surface area contributed by atoms with Crippen LogP contribution in [0.4, 0.5) is 5.69 Å². The molecule has 1 unspecified atom stereocenters. The van der Waals surface area contributed by atoms with Gasteiger partial charge < -0.3 is 15.4 Å². The van der Waals surface area contributed by atoms with Crippen molar-refractivity contribution in [2.45, 2.75) is 25.8 Å². The summed E-state index contributed by atoms with van der Waals surface area (Å²) in [4.78, 5) is 14.3. The molecule has 0 aliphatic heterocycles. The zero-order chi connectivity index (χ0) is 13.3. The summed E-state index contributed by atoms with van der Waals surface area (Å²) in [7, 11) is 3.38. The predicted molar refractivity (Wildman–Crippen MR) is 71.7 cm³/mol. The topological polar surface area (TPSA) is 55.6 Å². The maximum Gasteiger partial charge on any atom is 0.259 e. The first kappa shape index (κ1) is 12.7. The predicted octanol–water partition coefficient (Wildman–Crippen LogP) is 2.15. The van der Waals surface area contributed by atoms with Crippen LogP contribution in [0.15, 0.2) is 18.2 Å². The van der Waals surface area contributed by atoms with Crippen molar-refractivity contribution >= 4 is 11.6 Å². The van der Waals surface area contributed by atoms with Crippen LogP contribution < -0.4 is 10.5 Å². The lowest BCUT2D eigenvalue weighted by Gasteiger charge is -2.26. The quantitative estimate of drug-likeness (QED) is 0.831. The molecule has 1 atom stereocenters. The summed E-state index contributed by atoms with van der Waals surface area (Å²) < 4.78 is 5.23. The average Bonchev–Trinajstić information content (AvgIpc) is 3.20. The van der Waals surface area contributed by atoms with Gasteiger partial charge >= 0.3 is 0 Å². The highest BCUT2D eigenvalue weighted by Gasteiger charge is 2.33. The van der Waals surface area contributed by atoms with E-state index in [1.54, 1.807) is 30.2 Å². The zero-order valence-corrected chi connectivity index (χ0v) is 11.1. The number of nitrogens with two attached hydrogens (primary N) is 1. The molecule has 0 spiro atoms. The summed E-state index contributed by atoms with van der Waals surface area (Å²) in [5, 5.41) is 0. The Morgan fingerprint density at radius 2 is 2.17 bits per heavy atom. The highest BCUT2D eigenvalue weighted by Crippen LogP contribution is 2.36. The van der Waals surface area contributed by atoms with E-state index in [2.05, 4.69) is 6.92 Å². The van der Waals surface area contributed by atoms with Crippen molar-refractivity contribution in [3.63, 3.8) is 0 Å². The Balaban J connectivity index is 2.27. The fraction of sp³-hybridized carbons (Fsp3) is 0.500.